The fraction of sp³-hybridized carbons (Fsp3) is 0.414. The standard InChI is InChI=1S/C29H34O9/c1-4-36-21-13-16(11-18-14-17-9-7-6-8-10-19(17)23(18)29(34)35-3)12-20(27(21)37-5-2)28-26(33)25(32)24(31)22(15-30)38-28/h6-10,12-14,22,24-26,28,30-33H,4-5,11,15H2,1-3H3/t22-,24-,25+,26-,28+/m1/s1. The fourth-order valence-electron chi connectivity index (χ4n) is 4.97. The first-order chi connectivity index (χ1) is 18.3. The lowest BCUT2D eigenvalue weighted by Gasteiger charge is -2.40. The van der Waals surface area contributed by atoms with Crippen LogP contribution in [-0.2, 0) is 15.9 Å². The Morgan fingerprint density at radius 2 is 1.68 bits per heavy atom. The van der Waals surface area contributed by atoms with Gasteiger partial charge < -0.3 is 39.4 Å². The number of aliphatic hydroxyl groups is 4. The summed E-state index contributed by atoms with van der Waals surface area (Å²) in [5.74, 6) is 0.280. The molecule has 9 heteroatoms. The average molecular weight is 527 g/mol. The maximum atomic E-state index is 12.8. The van der Waals surface area contributed by atoms with E-state index < -0.39 is 43.1 Å². The second-order valence-corrected chi connectivity index (χ2v) is 9.12. The maximum Gasteiger partial charge on any atom is 0.338 e. The minimum atomic E-state index is -1.55. The molecule has 2 aliphatic carbocycles. The van der Waals surface area contributed by atoms with E-state index in [1.165, 1.54) is 7.11 Å². The zero-order chi connectivity index (χ0) is 27.4. The van der Waals surface area contributed by atoms with Gasteiger partial charge in [-0.15, -0.1) is 0 Å². The fourth-order valence-corrected chi connectivity index (χ4v) is 4.97. The highest BCUT2D eigenvalue weighted by Crippen LogP contribution is 2.43. The monoisotopic (exact) mass is 526 g/mol. The van der Waals surface area contributed by atoms with Gasteiger partial charge in [0, 0.05) is 5.56 Å². The van der Waals surface area contributed by atoms with E-state index in [9.17, 15) is 25.2 Å². The van der Waals surface area contributed by atoms with Gasteiger partial charge in [0.05, 0.1) is 32.5 Å². The molecule has 0 spiro atoms. The summed E-state index contributed by atoms with van der Waals surface area (Å²) in [7, 11) is 1.34. The highest BCUT2D eigenvalue weighted by Gasteiger charge is 2.45. The molecule has 4 N–H and O–H groups in total. The molecule has 0 saturated carbocycles. The van der Waals surface area contributed by atoms with Crippen LogP contribution in [0, 0.1) is 0 Å². The first-order valence-corrected chi connectivity index (χ1v) is 12.7. The summed E-state index contributed by atoms with van der Waals surface area (Å²) in [6, 6.07) is 14.9. The van der Waals surface area contributed by atoms with Crippen LogP contribution < -0.4 is 9.47 Å². The third-order valence-corrected chi connectivity index (χ3v) is 6.71. The first kappa shape index (κ1) is 27.8. The molecule has 0 unspecified atom stereocenters. The lowest BCUT2D eigenvalue weighted by atomic mass is 9.89. The molecule has 1 aliphatic heterocycles. The van der Waals surface area contributed by atoms with Crippen LogP contribution >= 0.6 is 0 Å². The lowest BCUT2D eigenvalue weighted by Crippen LogP contribution is -2.55. The SMILES string of the molecule is CCOc1cc(Cc2cc3cccccc-3c2C(=O)OC)cc([C@@H]2O[C@H](CO)[C@@H](O)[C@H](O)[C@H]2O)c1OCC. The van der Waals surface area contributed by atoms with Crippen molar-refractivity contribution in [2.24, 2.45) is 0 Å². The summed E-state index contributed by atoms with van der Waals surface area (Å²) in [5, 5.41) is 41.3. The molecule has 0 aromatic heterocycles. The van der Waals surface area contributed by atoms with E-state index in [0.29, 0.717) is 42.3 Å². The van der Waals surface area contributed by atoms with Gasteiger partial charge in [-0.3, -0.25) is 0 Å². The van der Waals surface area contributed by atoms with Crippen molar-refractivity contribution in [1.82, 2.24) is 0 Å². The number of rotatable bonds is 9. The van der Waals surface area contributed by atoms with Crippen molar-refractivity contribution in [3.63, 3.8) is 0 Å². The van der Waals surface area contributed by atoms with Crippen LogP contribution in [0.25, 0.3) is 11.1 Å². The molecule has 0 amide bonds. The number of carbonyl (C=O) groups is 1. The Kier molecular flexibility index (Phi) is 8.86. The lowest BCUT2D eigenvalue weighted by molar-refractivity contribution is -0.232. The molecule has 5 atom stereocenters. The minimum absolute atomic E-state index is 0.293. The highest BCUT2D eigenvalue weighted by atomic mass is 16.6. The van der Waals surface area contributed by atoms with E-state index >= 15 is 0 Å². The summed E-state index contributed by atoms with van der Waals surface area (Å²) in [5.41, 5.74) is 3.97. The zero-order valence-corrected chi connectivity index (χ0v) is 21.7. The molecule has 1 aromatic rings. The van der Waals surface area contributed by atoms with Crippen LogP contribution in [0.5, 0.6) is 11.5 Å². The molecular formula is C29H34O9. The smallest absolute Gasteiger partial charge is 0.338 e. The molecular weight excluding hydrogens is 492 g/mol. The number of hydrogen-bond donors (Lipinski definition) is 4. The Labute approximate surface area is 221 Å². The van der Waals surface area contributed by atoms with E-state index in [-0.39, 0.29) is 0 Å². The Balaban J connectivity index is 1.85. The number of hydrogen-bond acceptors (Lipinski definition) is 9. The summed E-state index contributed by atoms with van der Waals surface area (Å²) < 4.78 is 22.7. The van der Waals surface area contributed by atoms with Gasteiger partial charge in [0.1, 0.15) is 30.5 Å². The number of esters is 1. The van der Waals surface area contributed by atoms with Crippen LogP contribution in [0.2, 0.25) is 0 Å². The van der Waals surface area contributed by atoms with E-state index in [1.807, 2.05) is 43.3 Å². The second-order valence-electron chi connectivity index (χ2n) is 9.12. The van der Waals surface area contributed by atoms with E-state index in [0.717, 1.165) is 22.3 Å². The van der Waals surface area contributed by atoms with Gasteiger partial charge in [-0.25, -0.2) is 4.79 Å². The molecule has 204 valence electrons. The topological polar surface area (TPSA) is 135 Å². The average Bonchev–Trinajstić information content (AvgIpc) is 3.08. The molecule has 3 aliphatic rings. The number of methoxy groups -OCH3 is 1. The van der Waals surface area contributed by atoms with E-state index in [2.05, 4.69) is 0 Å². The van der Waals surface area contributed by atoms with Crippen LogP contribution in [0.15, 0.2) is 48.5 Å². The zero-order valence-electron chi connectivity index (χ0n) is 21.7. The predicted octanol–water partition coefficient (Wildman–Crippen LogP) is 2.48. The van der Waals surface area contributed by atoms with Crippen molar-refractivity contribution in [3.8, 4) is 22.6 Å². The third-order valence-electron chi connectivity index (χ3n) is 6.71. The van der Waals surface area contributed by atoms with Crippen molar-refractivity contribution < 1.29 is 44.2 Å². The van der Waals surface area contributed by atoms with E-state index in [4.69, 9.17) is 18.9 Å². The van der Waals surface area contributed by atoms with Gasteiger partial charge >= 0.3 is 5.97 Å². The Morgan fingerprint density at radius 1 is 0.947 bits per heavy atom. The molecule has 38 heavy (non-hydrogen) atoms. The molecule has 1 saturated heterocycles. The summed E-state index contributed by atoms with van der Waals surface area (Å²) in [6.07, 6.45) is -6.42. The van der Waals surface area contributed by atoms with Crippen molar-refractivity contribution in [3.05, 3.63) is 70.8 Å². The van der Waals surface area contributed by atoms with Crippen LogP contribution in [0.3, 0.4) is 0 Å². The summed E-state index contributed by atoms with van der Waals surface area (Å²) in [6.45, 7) is 3.71. The Hall–Kier alpha value is -3.21. The van der Waals surface area contributed by atoms with E-state index in [1.54, 1.807) is 19.1 Å². The molecule has 1 fully saturated rings. The normalized spacial score (nSPS) is 23.3. The van der Waals surface area contributed by atoms with Crippen molar-refractivity contribution in [2.45, 2.75) is 50.8 Å². The molecule has 1 heterocycles. The van der Waals surface area contributed by atoms with Gasteiger partial charge in [-0.2, -0.15) is 0 Å². The minimum Gasteiger partial charge on any atom is -0.490 e. The number of fused-ring (bicyclic) bond motifs is 1. The van der Waals surface area contributed by atoms with Gasteiger partial charge in [-0.05, 0) is 60.7 Å². The number of carbonyl (C=O) groups excluding carboxylic acids is 1. The summed E-state index contributed by atoms with van der Waals surface area (Å²) in [4.78, 5) is 12.8. The number of benzene rings is 1. The molecule has 0 radical (unpaired) electrons. The number of aliphatic hydroxyl groups excluding tert-OH is 4. The molecule has 1 aromatic carbocycles. The van der Waals surface area contributed by atoms with Crippen LogP contribution in [-0.4, -0.2) is 77.7 Å². The Morgan fingerprint density at radius 3 is 2.37 bits per heavy atom. The van der Waals surface area contributed by atoms with Crippen molar-refractivity contribution in [2.75, 3.05) is 26.9 Å². The predicted molar refractivity (Wildman–Crippen MR) is 139 cm³/mol. The highest BCUT2D eigenvalue weighted by molar-refractivity contribution is 6.01. The van der Waals surface area contributed by atoms with Gasteiger partial charge in [0.25, 0.3) is 0 Å². The first-order valence-electron chi connectivity index (χ1n) is 12.7. The van der Waals surface area contributed by atoms with Crippen LogP contribution in [0.4, 0.5) is 0 Å². The second kappa shape index (κ2) is 12.1. The number of ether oxygens (including phenoxy) is 4. The molecule has 4 rings (SSSR count). The van der Waals surface area contributed by atoms with Gasteiger partial charge in [0.2, 0.25) is 0 Å². The van der Waals surface area contributed by atoms with Gasteiger partial charge in [-0.1, -0.05) is 30.3 Å². The van der Waals surface area contributed by atoms with Crippen molar-refractivity contribution >= 4 is 5.97 Å². The van der Waals surface area contributed by atoms with Crippen LogP contribution in [0.1, 0.15) is 47.0 Å². The maximum absolute atomic E-state index is 12.8. The van der Waals surface area contributed by atoms with Gasteiger partial charge in [0.15, 0.2) is 11.5 Å². The van der Waals surface area contributed by atoms with Crippen molar-refractivity contribution in [1.29, 1.82) is 0 Å². The molecule has 9 nitrogen and oxygen atoms in total. The summed E-state index contributed by atoms with van der Waals surface area (Å²) >= 11 is 0. The Bertz CT molecular complexity index is 1220. The quantitative estimate of drug-likeness (QED) is 0.310. The largest absolute Gasteiger partial charge is 0.490 e. The third kappa shape index (κ3) is 5.34. The molecule has 0 bridgehead atoms.